The number of rotatable bonds is 7. The topological polar surface area (TPSA) is 15.3 Å². The van der Waals surface area contributed by atoms with E-state index >= 15 is 0 Å². The summed E-state index contributed by atoms with van der Waals surface area (Å²) in [5.41, 5.74) is 14.8. The average Bonchev–Trinajstić information content (AvgIpc) is 3.24. The van der Waals surface area contributed by atoms with E-state index in [1.807, 2.05) is 0 Å². The summed E-state index contributed by atoms with van der Waals surface area (Å²) in [6, 6.07) is 57.5. The second-order valence-electron chi connectivity index (χ2n) is 15.2. The van der Waals surface area contributed by atoms with Crippen molar-refractivity contribution in [2.24, 2.45) is 5.41 Å². The van der Waals surface area contributed by atoms with Gasteiger partial charge in [-0.3, -0.25) is 0 Å². The fourth-order valence-electron chi connectivity index (χ4n) is 8.99. The van der Waals surface area contributed by atoms with Crippen molar-refractivity contribution in [2.45, 2.75) is 26.2 Å². The average molecular weight is 707 g/mol. The first kappa shape index (κ1) is 33.0. The summed E-state index contributed by atoms with van der Waals surface area (Å²) in [6.45, 7) is 2.38. The van der Waals surface area contributed by atoms with E-state index in [4.69, 9.17) is 0 Å². The van der Waals surface area contributed by atoms with Crippen LogP contribution in [-0.4, -0.2) is 0 Å². The molecule has 0 spiro atoms. The van der Waals surface area contributed by atoms with Crippen LogP contribution in [0.25, 0.3) is 39.1 Å². The normalized spacial score (nSPS) is 16.7. The Morgan fingerprint density at radius 3 is 2.22 bits per heavy atom. The molecule has 2 nitrogen and oxygen atoms in total. The third kappa shape index (κ3) is 5.91. The molecule has 0 bridgehead atoms. The van der Waals surface area contributed by atoms with E-state index in [1.54, 1.807) is 0 Å². The number of hydrogen-bond donors (Lipinski definition) is 1. The number of allylic oxidation sites excluding steroid dienone is 5. The molecule has 3 aliphatic rings. The van der Waals surface area contributed by atoms with Crippen LogP contribution in [-0.2, 0) is 6.42 Å². The van der Waals surface area contributed by atoms with Crippen molar-refractivity contribution in [1.29, 1.82) is 0 Å². The fraction of sp³-hybridized carbons (Fsp3) is 0.0943. The molecule has 1 atom stereocenters. The van der Waals surface area contributed by atoms with Crippen LogP contribution in [0.15, 0.2) is 188 Å². The van der Waals surface area contributed by atoms with Gasteiger partial charge in [-0.05, 0) is 122 Å². The van der Waals surface area contributed by atoms with Crippen molar-refractivity contribution in [3.63, 3.8) is 0 Å². The number of para-hydroxylation sites is 2. The number of nitrogens with one attached hydrogen (secondary N) is 1. The third-order valence-electron chi connectivity index (χ3n) is 11.7. The molecule has 0 radical (unpaired) electrons. The maximum Gasteiger partial charge on any atom is 0.0499 e. The minimum atomic E-state index is -0.0696. The van der Waals surface area contributed by atoms with E-state index in [-0.39, 0.29) is 5.41 Å². The molecule has 0 heterocycles. The summed E-state index contributed by atoms with van der Waals surface area (Å²) >= 11 is 0. The quantitative estimate of drug-likeness (QED) is 0.177. The van der Waals surface area contributed by atoms with Gasteiger partial charge in [0.05, 0.1) is 0 Å². The lowest BCUT2D eigenvalue weighted by molar-refractivity contribution is 0.583. The lowest BCUT2D eigenvalue weighted by atomic mass is 9.69. The maximum atomic E-state index is 3.83. The van der Waals surface area contributed by atoms with Gasteiger partial charge in [-0.2, -0.15) is 0 Å². The highest BCUT2D eigenvalue weighted by atomic mass is 15.1. The second kappa shape index (κ2) is 13.6. The minimum absolute atomic E-state index is 0.0696. The van der Waals surface area contributed by atoms with E-state index in [1.165, 1.54) is 65.9 Å². The van der Waals surface area contributed by atoms with Crippen LogP contribution in [0.3, 0.4) is 0 Å². The Labute approximate surface area is 323 Å². The standard InChI is InChI=1S/C53H42N2/c1-53-35-12-11-22-49(53)47-34-29-40-15-6-8-20-45(40)52(47)48(36-53)46-21-9-10-23-50(46)54-41-30-25-37(26-31-41)38-27-32-43(33-28-38)55(42-17-3-2-4-18-42)51-24-13-16-39-14-5-7-19-44(39)51/h2-6,8-18,20-35,54H,7,19,36H2,1H3. The molecule has 0 saturated heterocycles. The van der Waals surface area contributed by atoms with Gasteiger partial charge in [0.25, 0.3) is 0 Å². The third-order valence-corrected chi connectivity index (χ3v) is 11.7. The summed E-state index contributed by atoms with van der Waals surface area (Å²) in [5.74, 6) is 0. The Morgan fingerprint density at radius 2 is 1.36 bits per heavy atom. The van der Waals surface area contributed by atoms with Gasteiger partial charge in [-0.1, -0.05) is 153 Å². The maximum absolute atomic E-state index is 3.83. The fourth-order valence-corrected chi connectivity index (χ4v) is 8.99. The SMILES string of the molecule is CC12C=CC=CC1=c1ccc3ccccc3c1=C(c1ccccc1Nc1ccc(-c3ccc(N(c4ccccc4)c4cccc5c4CCC=C5)cc3)cc1)C2. The number of fused-ring (bicyclic) bond motifs is 5. The molecular weight excluding hydrogens is 665 g/mol. The molecule has 0 saturated carbocycles. The van der Waals surface area contributed by atoms with Crippen LogP contribution in [0.1, 0.15) is 36.5 Å². The zero-order valence-corrected chi connectivity index (χ0v) is 31.0. The number of benzene rings is 7. The summed E-state index contributed by atoms with van der Waals surface area (Å²) < 4.78 is 0. The number of hydrogen-bond acceptors (Lipinski definition) is 2. The van der Waals surface area contributed by atoms with Gasteiger partial charge in [0.15, 0.2) is 0 Å². The Kier molecular flexibility index (Phi) is 8.18. The van der Waals surface area contributed by atoms with Crippen molar-refractivity contribution in [2.75, 3.05) is 10.2 Å². The summed E-state index contributed by atoms with van der Waals surface area (Å²) in [7, 11) is 0. The Balaban J connectivity index is 0.982. The molecule has 1 unspecified atom stereocenters. The molecule has 1 N–H and O–H groups in total. The van der Waals surface area contributed by atoms with E-state index in [2.05, 4.69) is 211 Å². The van der Waals surface area contributed by atoms with Crippen LogP contribution in [0.5, 0.6) is 0 Å². The summed E-state index contributed by atoms with van der Waals surface area (Å²) in [4.78, 5) is 2.40. The van der Waals surface area contributed by atoms with Gasteiger partial charge in [-0.15, -0.1) is 0 Å². The van der Waals surface area contributed by atoms with E-state index in [0.717, 1.165) is 42.0 Å². The van der Waals surface area contributed by atoms with Gasteiger partial charge in [-0.25, -0.2) is 0 Å². The first-order chi connectivity index (χ1) is 27.1. The minimum Gasteiger partial charge on any atom is -0.355 e. The lowest BCUT2D eigenvalue weighted by Gasteiger charge is -2.35. The Bertz CT molecular complexity index is 2800. The van der Waals surface area contributed by atoms with Gasteiger partial charge in [0.2, 0.25) is 0 Å². The van der Waals surface area contributed by atoms with Crippen LogP contribution in [0.4, 0.5) is 28.4 Å². The highest BCUT2D eigenvalue weighted by Gasteiger charge is 2.33. The molecule has 2 heteroatoms. The molecular formula is C53H42N2. The number of anilines is 5. The van der Waals surface area contributed by atoms with E-state index in [9.17, 15) is 0 Å². The predicted octanol–water partition coefficient (Wildman–Crippen LogP) is 12.6. The Hall–Kier alpha value is -6.64. The van der Waals surface area contributed by atoms with Crippen LogP contribution in [0.2, 0.25) is 0 Å². The zero-order valence-electron chi connectivity index (χ0n) is 31.0. The summed E-state index contributed by atoms with van der Waals surface area (Å²) in [5, 5.41) is 9.10. The van der Waals surface area contributed by atoms with E-state index < -0.39 is 0 Å². The highest BCUT2D eigenvalue weighted by Crippen LogP contribution is 2.44. The first-order valence-electron chi connectivity index (χ1n) is 19.5. The van der Waals surface area contributed by atoms with Crippen molar-refractivity contribution < 1.29 is 0 Å². The van der Waals surface area contributed by atoms with Gasteiger partial charge >= 0.3 is 0 Å². The predicted molar refractivity (Wildman–Crippen MR) is 234 cm³/mol. The van der Waals surface area contributed by atoms with Crippen LogP contribution < -0.4 is 20.7 Å². The van der Waals surface area contributed by atoms with Gasteiger partial charge in [0.1, 0.15) is 0 Å². The van der Waals surface area contributed by atoms with Crippen molar-refractivity contribution in [1.82, 2.24) is 0 Å². The number of nitrogens with zero attached hydrogens (tertiary/aromatic N) is 1. The molecule has 0 amide bonds. The molecule has 10 rings (SSSR count). The molecule has 7 aromatic rings. The molecule has 0 fully saturated rings. The van der Waals surface area contributed by atoms with Crippen LogP contribution >= 0.6 is 0 Å². The molecule has 0 aromatic heterocycles. The summed E-state index contributed by atoms with van der Waals surface area (Å²) in [6.07, 6.45) is 16.7. The molecule has 55 heavy (non-hydrogen) atoms. The first-order valence-corrected chi connectivity index (χ1v) is 19.5. The largest absolute Gasteiger partial charge is 0.355 e. The van der Waals surface area contributed by atoms with Crippen molar-refractivity contribution in [3.8, 4) is 11.1 Å². The van der Waals surface area contributed by atoms with Crippen molar-refractivity contribution in [3.05, 3.63) is 215 Å². The van der Waals surface area contributed by atoms with Crippen molar-refractivity contribution >= 4 is 56.4 Å². The van der Waals surface area contributed by atoms with Crippen LogP contribution in [0, 0.1) is 5.41 Å². The molecule has 0 aliphatic heterocycles. The molecule has 264 valence electrons. The Morgan fingerprint density at radius 1 is 0.618 bits per heavy atom. The zero-order chi connectivity index (χ0) is 36.8. The molecule has 3 aliphatic carbocycles. The monoisotopic (exact) mass is 706 g/mol. The van der Waals surface area contributed by atoms with Gasteiger partial charge < -0.3 is 10.2 Å². The highest BCUT2D eigenvalue weighted by molar-refractivity contribution is 5.93. The lowest BCUT2D eigenvalue weighted by Crippen LogP contribution is -2.40. The second-order valence-corrected chi connectivity index (χ2v) is 15.2. The van der Waals surface area contributed by atoms with Gasteiger partial charge in [0, 0.05) is 39.4 Å². The smallest absolute Gasteiger partial charge is 0.0499 e. The molecule has 7 aromatic carbocycles. The van der Waals surface area contributed by atoms with E-state index in [0.29, 0.717) is 0 Å².